The highest BCUT2D eigenvalue weighted by Crippen LogP contribution is 2.32. The van der Waals surface area contributed by atoms with Crippen molar-refractivity contribution >= 4 is 46.3 Å². The second-order valence-electron chi connectivity index (χ2n) is 7.05. The highest BCUT2D eigenvalue weighted by atomic mass is 32.2. The molecule has 2 aromatic carbocycles. The van der Waals surface area contributed by atoms with E-state index < -0.39 is 17.1 Å². The van der Waals surface area contributed by atoms with Crippen LogP contribution in [-0.2, 0) is 14.3 Å². The predicted octanol–water partition coefficient (Wildman–Crippen LogP) is 2.90. The minimum Gasteiger partial charge on any atom is -0.508 e. The Bertz CT molecular complexity index is 1010. The number of nitrogens with zero attached hydrogens (tertiary/aromatic N) is 2. The second kappa shape index (κ2) is 9.23. The summed E-state index contributed by atoms with van der Waals surface area (Å²) in [6, 6.07) is 13.7. The predicted molar refractivity (Wildman–Crippen MR) is 119 cm³/mol. The SMILES string of the molecule is O=C(CN1C(=O)S/C(=C/c2ccc(O)cc2)C1=O)Nc1ccc(N2CCOCC2)cc1. The third-order valence-electron chi connectivity index (χ3n) is 4.89. The molecule has 0 spiro atoms. The molecule has 2 fully saturated rings. The Labute approximate surface area is 183 Å². The third kappa shape index (κ3) is 5.07. The molecular weight excluding hydrogens is 418 g/mol. The number of rotatable bonds is 5. The van der Waals surface area contributed by atoms with Gasteiger partial charge in [0.05, 0.1) is 18.1 Å². The summed E-state index contributed by atoms with van der Waals surface area (Å²) in [4.78, 5) is 40.6. The Balaban J connectivity index is 1.36. The summed E-state index contributed by atoms with van der Waals surface area (Å²) in [6.45, 7) is 2.67. The van der Waals surface area contributed by atoms with Crippen molar-refractivity contribution in [2.75, 3.05) is 43.1 Å². The largest absolute Gasteiger partial charge is 0.508 e. The highest BCUT2D eigenvalue weighted by molar-refractivity contribution is 8.18. The number of nitrogens with one attached hydrogen (secondary N) is 1. The van der Waals surface area contributed by atoms with E-state index in [1.54, 1.807) is 30.3 Å². The van der Waals surface area contributed by atoms with Crippen molar-refractivity contribution < 1.29 is 24.2 Å². The number of imide groups is 1. The fraction of sp³-hybridized carbons (Fsp3) is 0.227. The maximum atomic E-state index is 12.6. The number of phenolic OH excluding ortho intramolecular Hbond substituents is 1. The molecule has 2 N–H and O–H groups in total. The van der Waals surface area contributed by atoms with Crippen LogP contribution in [0.1, 0.15) is 5.56 Å². The van der Waals surface area contributed by atoms with Gasteiger partial charge in [-0.05, 0) is 59.8 Å². The molecule has 31 heavy (non-hydrogen) atoms. The van der Waals surface area contributed by atoms with E-state index in [1.807, 2.05) is 12.1 Å². The Hall–Kier alpha value is -3.30. The summed E-state index contributed by atoms with van der Waals surface area (Å²) in [7, 11) is 0. The average molecular weight is 439 g/mol. The van der Waals surface area contributed by atoms with E-state index in [2.05, 4.69) is 10.2 Å². The van der Waals surface area contributed by atoms with E-state index in [4.69, 9.17) is 4.74 Å². The number of phenols is 1. The maximum Gasteiger partial charge on any atom is 0.294 e. The number of thioether (sulfide) groups is 1. The van der Waals surface area contributed by atoms with Gasteiger partial charge in [0.15, 0.2) is 0 Å². The summed E-state index contributed by atoms with van der Waals surface area (Å²) in [5.41, 5.74) is 2.31. The van der Waals surface area contributed by atoms with Crippen LogP contribution in [0.25, 0.3) is 6.08 Å². The molecule has 4 rings (SSSR count). The topological polar surface area (TPSA) is 99.2 Å². The van der Waals surface area contributed by atoms with Crippen LogP contribution < -0.4 is 10.2 Å². The smallest absolute Gasteiger partial charge is 0.294 e. The van der Waals surface area contributed by atoms with Crippen molar-refractivity contribution in [2.45, 2.75) is 0 Å². The van der Waals surface area contributed by atoms with Crippen LogP contribution in [0.15, 0.2) is 53.4 Å². The molecule has 2 aromatic rings. The number of anilines is 2. The van der Waals surface area contributed by atoms with Gasteiger partial charge in [-0.15, -0.1) is 0 Å². The first kappa shape index (κ1) is 21.0. The van der Waals surface area contributed by atoms with Gasteiger partial charge in [-0.3, -0.25) is 19.3 Å². The molecular formula is C22H21N3O5S. The number of benzene rings is 2. The third-order valence-corrected chi connectivity index (χ3v) is 5.80. The van der Waals surface area contributed by atoms with Gasteiger partial charge in [-0.2, -0.15) is 0 Å². The number of amides is 3. The molecule has 2 heterocycles. The van der Waals surface area contributed by atoms with Gasteiger partial charge in [0.25, 0.3) is 11.1 Å². The quantitative estimate of drug-likeness (QED) is 0.691. The van der Waals surface area contributed by atoms with Gasteiger partial charge in [0, 0.05) is 24.5 Å². The Morgan fingerprint density at radius 3 is 2.42 bits per heavy atom. The van der Waals surface area contributed by atoms with Crippen LogP contribution in [0.5, 0.6) is 5.75 Å². The molecule has 8 nitrogen and oxygen atoms in total. The zero-order valence-electron chi connectivity index (χ0n) is 16.6. The zero-order valence-corrected chi connectivity index (χ0v) is 17.4. The highest BCUT2D eigenvalue weighted by Gasteiger charge is 2.36. The van der Waals surface area contributed by atoms with Gasteiger partial charge >= 0.3 is 0 Å². The molecule has 9 heteroatoms. The number of ether oxygens (including phenoxy) is 1. The molecule has 2 aliphatic rings. The van der Waals surface area contributed by atoms with Crippen molar-refractivity contribution in [3.8, 4) is 5.75 Å². The molecule has 0 saturated carbocycles. The summed E-state index contributed by atoms with van der Waals surface area (Å²) in [5.74, 6) is -0.854. The first-order valence-corrected chi connectivity index (χ1v) is 10.6. The van der Waals surface area contributed by atoms with Gasteiger partial charge < -0.3 is 20.1 Å². The van der Waals surface area contributed by atoms with E-state index in [0.717, 1.165) is 35.4 Å². The minimum absolute atomic E-state index is 0.111. The van der Waals surface area contributed by atoms with Crippen molar-refractivity contribution in [3.05, 3.63) is 59.0 Å². The number of hydrogen-bond acceptors (Lipinski definition) is 7. The molecule has 0 aliphatic carbocycles. The number of carbonyl (C=O) groups is 3. The first-order valence-electron chi connectivity index (χ1n) is 9.76. The Morgan fingerprint density at radius 1 is 1.06 bits per heavy atom. The van der Waals surface area contributed by atoms with Gasteiger partial charge in [-0.25, -0.2) is 0 Å². The first-order chi connectivity index (χ1) is 15.0. The molecule has 0 unspecified atom stereocenters. The van der Waals surface area contributed by atoms with Crippen LogP contribution in [-0.4, -0.2) is 59.9 Å². The summed E-state index contributed by atoms with van der Waals surface area (Å²) in [5, 5.41) is 11.6. The molecule has 0 atom stereocenters. The summed E-state index contributed by atoms with van der Waals surface area (Å²) >= 11 is 0.787. The van der Waals surface area contributed by atoms with Crippen molar-refractivity contribution in [1.82, 2.24) is 4.90 Å². The summed E-state index contributed by atoms with van der Waals surface area (Å²) in [6.07, 6.45) is 1.56. The normalized spacial score (nSPS) is 18.0. The van der Waals surface area contributed by atoms with Crippen molar-refractivity contribution in [3.63, 3.8) is 0 Å². The summed E-state index contributed by atoms with van der Waals surface area (Å²) < 4.78 is 5.35. The van der Waals surface area contributed by atoms with E-state index in [9.17, 15) is 19.5 Å². The van der Waals surface area contributed by atoms with Crippen LogP contribution in [0.3, 0.4) is 0 Å². The van der Waals surface area contributed by atoms with Crippen molar-refractivity contribution in [1.29, 1.82) is 0 Å². The number of hydrogen-bond donors (Lipinski definition) is 2. The fourth-order valence-electron chi connectivity index (χ4n) is 3.28. The van der Waals surface area contributed by atoms with Crippen LogP contribution in [0, 0.1) is 0 Å². The van der Waals surface area contributed by atoms with Gasteiger partial charge in [-0.1, -0.05) is 12.1 Å². The molecule has 3 amide bonds. The van der Waals surface area contributed by atoms with E-state index in [1.165, 1.54) is 12.1 Å². The fourth-order valence-corrected chi connectivity index (χ4v) is 4.12. The molecule has 2 aliphatic heterocycles. The standard InChI is InChI=1S/C22H21N3O5S/c26-18-7-1-15(2-8-18)13-19-21(28)25(22(29)31-19)14-20(27)23-16-3-5-17(6-4-16)24-9-11-30-12-10-24/h1-8,13,26H,9-12,14H2,(H,23,27)/b19-13+. The Morgan fingerprint density at radius 2 is 1.74 bits per heavy atom. The van der Waals surface area contributed by atoms with Crippen LogP contribution >= 0.6 is 11.8 Å². The van der Waals surface area contributed by atoms with Gasteiger partial charge in [0.2, 0.25) is 5.91 Å². The lowest BCUT2D eigenvalue weighted by Crippen LogP contribution is -2.36. The molecule has 0 aromatic heterocycles. The molecule has 2 saturated heterocycles. The zero-order chi connectivity index (χ0) is 21.8. The molecule has 160 valence electrons. The average Bonchev–Trinajstić information content (AvgIpc) is 3.04. The minimum atomic E-state index is -0.513. The number of morpholine rings is 1. The monoisotopic (exact) mass is 439 g/mol. The van der Waals surface area contributed by atoms with E-state index in [-0.39, 0.29) is 17.2 Å². The lowest BCUT2D eigenvalue weighted by atomic mass is 10.2. The number of aromatic hydroxyl groups is 1. The molecule has 0 radical (unpaired) electrons. The maximum absolute atomic E-state index is 12.6. The van der Waals surface area contributed by atoms with E-state index in [0.29, 0.717) is 24.5 Å². The van der Waals surface area contributed by atoms with E-state index >= 15 is 0 Å². The molecule has 0 bridgehead atoms. The lowest BCUT2D eigenvalue weighted by Gasteiger charge is -2.28. The van der Waals surface area contributed by atoms with Gasteiger partial charge in [0.1, 0.15) is 12.3 Å². The van der Waals surface area contributed by atoms with Crippen LogP contribution in [0.2, 0.25) is 0 Å². The van der Waals surface area contributed by atoms with Crippen LogP contribution in [0.4, 0.5) is 16.2 Å². The lowest BCUT2D eigenvalue weighted by molar-refractivity contribution is -0.127. The number of carbonyl (C=O) groups excluding carboxylic acids is 3. The Kier molecular flexibility index (Phi) is 6.24. The van der Waals surface area contributed by atoms with Crippen molar-refractivity contribution in [2.24, 2.45) is 0 Å². The second-order valence-corrected chi connectivity index (χ2v) is 8.05.